The van der Waals surface area contributed by atoms with Gasteiger partial charge < -0.3 is 15.2 Å². The Bertz CT molecular complexity index is 729. The molecule has 0 spiro atoms. The predicted octanol–water partition coefficient (Wildman–Crippen LogP) is 4.39. The van der Waals surface area contributed by atoms with Crippen LogP contribution in [0, 0.1) is 0 Å². The van der Waals surface area contributed by atoms with Crippen LogP contribution in [-0.2, 0) is 6.18 Å². The Kier molecular flexibility index (Phi) is 5.33. The molecule has 128 valence electrons. The molecule has 2 aromatic carbocycles. The summed E-state index contributed by atoms with van der Waals surface area (Å²) in [7, 11) is 0. The molecule has 0 unspecified atom stereocenters. The molecule has 2 rings (SSSR count). The lowest BCUT2D eigenvalue weighted by molar-refractivity contribution is -0.138. The number of primary amides is 1. The molecule has 0 heterocycles. The van der Waals surface area contributed by atoms with Crippen LogP contribution in [0.3, 0.4) is 0 Å². The first-order valence-electron chi connectivity index (χ1n) is 7.24. The lowest BCUT2D eigenvalue weighted by Gasteiger charge is -2.17. The van der Waals surface area contributed by atoms with E-state index in [9.17, 15) is 18.0 Å². The molecule has 2 N–H and O–H groups in total. The molecule has 0 aliphatic rings. The van der Waals surface area contributed by atoms with Gasteiger partial charge in [-0.2, -0.15) is 13.2 Å². The highest BCUT2D eigenvalue weighted by Gasteiger charge is 2.34. The molecule has 0 fully saturated rings. The highest BCUT2D eigenvalue weighted by molar-refractivity contribution is 5.96. The Morgan fingerprint density at radius 3 is 2.38 bits per heavy atom. The quantitative estimate of drug-likeness (QED) is 0.849. The monoisotopic (exact) mass is 339 g/mol. The summed E-state index contributed by atoms with van der Waals surface area (Å²) < 4.78 is 50.1. The molecule has 0 atom stereocenters. The standard InChI is InChI=1S/C17H16F3NO3/c1-2-10-23-15-11(16(21)22)6-5-9-14(15)24-13-8-4-3-7-12(13)17(18,19)20/h3-9H,2,10H2,1H3,(H2,21,22). The lowest BCUT2D eigenvalue weighted by Crippen LogP contribution is -2.14. The van der Waals surface area contributed by atoms with Gasteiger partial charge in [0, 0.05) is 0 Å². The zero-order valence-corrected chi connectivity index (χ0v) is 12.9. The maximum absolute atomic E-state index is 13.1. The van der Waals surface area contributed by atoms with Crippen LogP contribution < -0.4 is 15.2 Å². The zero-order chi connectivity index (χ0) is 17.7. The molecule has 0 radical (unpaired) electrons. The maximum Gasteiger partial charge on any atom is 0.419 e. The average molecular weight is 339 g/mol. The van der Waals surface area contributed by atoms with Gasteiger partial charge in [0.05, 0.1) is 17.7 Å². The Morgan fingerprint density at radius 1 is 1.08 bits per heavy atom. The summed E-state index contributed by atoms with van der Waals surface area (Å²) in [5.74, 6) is -1.11. The second-order valence-corrected chi connectivity index (χ2v) is 4.94. The van der Waals surface area contributed by atoms with Crippen molar-refractivity contribution in [3.05, 3.63) is 53.6 Å². The van der Waals surface area contributed by atoms with Crippen molar-refractivity contribution in [3.63, 3.8) is 0 Å². The van der Waals surface area contributed by atoms with Crippen LogP contribution in [0.4, 0.5) is 13.2 Å². The molecule has 0 saturated carbocycles. The molecule has 0 aliphatic carbocycles. The number of halogens is 3. The van der Waals surface area contributed by atoms with Crippen LogP contribution in [-0.4, -0.2) is 12.5 Å². The number of hydrogen-bond acceptors (Lipinski definition) is 3. The van der Waals surface area contributed by atoms with Gasteiger partial charge in [0.1, 0.15) is 5.75 Å². The van der Waals surface area contributed by atoms with Crippen molar-refractivity contribution in [1.29, 1.82) is 0 Å². The number of rotatable bonds is 6. The molecule has 4 nitrogen and oxygen atoms in total. The molecule has 24 heavy (non-hydrogen) atoms. The Labute approximate surface area is 137 Å². The van der Waals surface area contributed by atoms with Gasteiger partial charge in [-0.05, 0) is 30.7 Å². The normalized spacial score (nSPS) is 11.2. The minimum atomic E-state index is -4.57. The van der Waals surface area contributed by atoms with Crippen molar-refractivity contribution in [2.24, 2.45) is 5.73 Å². The number of amides is 1. The van der Waals surface area contributed by atoms with Crippen molar-refractivity contribution in [1.82, 2.24) is 0 Å². The highest BCUT2D eigenvalue weighted by Crippen LogP contribution is 2.41. The van der Waals surface area contributed by atoms with E-state index in [1.165, 1.54) is 36.4 Å². The van der Waals surface area contributed by atoms with E-state index >= 15 is 0 Å². The van der Waals surface area contributed by atoms with E-state index in [1.54, 1.807) is 0 Å². The maximum atomic E-state index is 13.1. The van der Waals surface area contributed by atoms with Crippen molar-refractivity contribution in [2.75, 3.05) is 6.61 Å². The van der Waals surface area contributed by atoms with Crippen LogP contribution in [0.25, 0.3) is 0 Å². The smallest absolute Gasteiger partial charge is 0.419 e. The average Bonchev–Trinajstić information content (AvgIpc) is 2.52. The van der Waals surface area contributed by atoms with Crippen LogP contribution in [0.1, 0.15) is 29.3 Å². The van der Waals surface area contributed by atoms with E-state index in [-0.39, 0.29) is 29.4 Å². The summed E-state index contributed by atoms with van der Waals surface area (Å²) in [5.41, 5.74) is 4.42. The number of hydrogen-bond donors (Lipinski definition) is 1. The van der Waals surface area contributed by atoms with Crippen molar-refractivity contribution in [2.45, 2.75) is 19.5 Å². The van der Waals surface area contributed by atoms with Crippen molar-refractivity contribution >= 4 is 5.91 Å². The molecule has 0 bridgehead atoms. The first-order valence-corrected chi connectivity index (χ1v) is 7.24. The first-order chi connectivity index (χ1) is 11.3. The SMILES string of the molecule is CCCOc1c(Oc2ccccc2C(F)(F)F)cccc1C(N)=O. The van der Waals surface area contributed by atoms with Crippen LogP contribution in [0.5, 0.6) is 17.2 Å². The van der Waals surface area contributed by atoms with Gasteiger partial charge in [0.2, 0.25) is 0 Å². The fourth-order valence-electron chi connectivity index (χ4n) is 2.05. The molecule has 0 saturated heterocycles. The number of para-hydroxylation sites is 2. The summed E-state index contributed by atoms with van der Waals surface area (Å²) in [4.78, 5) is 11.5. The van der Waals surface area contributed by atoms with Crippen LogP contribution >= 0.6 is 0 Å². The Balaban J connectivity index is 2.47. The number of ether oxygens (including phenoxy) is 2. The summed E-state index contributed by atoms with van der Waals surface area (Å²) in [6.45, 7) is 2.12. The molecule has 0 aliphatic heterocycles. The Morgan fingerprint density at radius 2 is 1.75 bits per heavy atom. The van der Waals surface area contributed by atoms with Crippen LogP contribution in [0.2, 0.25) is 0 Å². The van der Waals surface area contributed by atoms with Gasteiger partial charge in [-0.25, -0.2) is 0 Å². The fourth-order valence-corrected chi connectivity index (χ4v) is 2.05. The second-order valence-electron chi connectivity index (χ2n) is 4.94. The van der Waals surface area contributed by atoms with Gasteiger partial charge in [-0.3, -0.25) is 4.79 Å². The predicted molar refractivity (Wildman–Crippen MR) is 82.3 cm³/mol. The van der Waals surface area contributed by atoms with Crippen molar-refractivity contribution < 1.29 is 27.4 Å². The number of alkyl halides is 3. The summed E-state index contributed by atoms with van der Waals surface area (Å²) in [6.07, 6.45) is -3.92. The van der Waals surface area contributed by atoms with E-state index in [0.717, 1.165) is 6.07 Å². The third-order valence-corrected chi connectivity index (χ3v) is 3.11. The molecule has 2 aromatic rings. The summed E-state index contributed by atoms with van der Waals surface area (Å²) >= 11 is 0. The molecular formula is C17H16F3NO3. The number of carbonyl (C=O) groups is 1. The lowest BCUT2D eigenvalue weighted by atomic mass is 10.1. The van der Waals surface area contributed by atoms with Crippen molar-refractivity contribution in [3.8, 4) is 17.2 Å². The van der Waals surface area contributed by atoms with E-state index in [1.807, 2.05) is 6.92 Å². The van der Waals surface area contributed by atoms with Crippen LogP contribution in [0.15, 0.2) is 42.5 Å². The number of benzene rings is 2. The molecular weight excluding hydrogens is 323 g/mol. The third kappa shape index (κ3) is 3.98. The second kappa shape index (κ2) is 7.25. The zero-order valence-electron chi connectivity index (χ0n) is 12.9. The van der Waals surface area contributed by atoms with E-state index in [4.69, 9.17) is 15.2 Å². The van der Waals surface area contributed by atoms with E-state index in [0.29, 0.717) is 6.42 Å². The summed E-state index contributed by atoms with van der Waals surface area (Å²) in [6, 6.07) is 9.12. The molecule has 0 aromatic heterocycles. The van der Waals surface area contributed by atoms with Gasteiger partial charge in [-0.1, -0.05) is 25.1 Å². The summed E-state index contributed by atoms with van der Waals surface area (Å²) in [5, 5.41) is 0. The van der Waals surface area contributed by atoms with Gasteiger partial charge >= 0.3 is 6.18 Å². The number of nitrogens with two attached hydrogens (primary N) is 1. The molecule has 1 amide bonds. The fraction of sp³-hybridized carbons (Fsp3) is 0.235. The topological polar surface area (TPSA) is 61.6 Å². The minimum Gasteiger partial charge on any atom is -0.489 e. The Hall–Kier alpha value is -2.70. The van der Waals surface area contributed by atoms with E-state index < -0.39 is 17.6 Å². The first kappa shape index (κ1) is 17.7. The highest BCUT2D eigenvalue weighted by atomic mass is 19.4. The largest absolute Gasteiger partial charge is 0.489 e. The van der Waals surface area contributed by atoms with E-state index in [2.05, 4.69) is 0 Å². The van der Waals surface area contributed by atoms with Gasteiger partial charge in [0.25, 0.3) is 5.91 Å². The van der Waals surface area contributed by atoms with Gasteiger partial charge in [-0.15, -0.1) is 0 Å². The minimum absolute atomic E-state index is 0.00329. The van der Waals surface area contributed by atoms with Gasteiger partial charge in [0.15, 0.2) is 11.5 Å². The molecule has 7 heteroatoms. The third-order valence-electron chi connectivity index (χ3n) is 3.11. The number of carbonyl (C=O) groups excluding carboxylic acids is 1.